The first-order valence-corrected chi connectivity index (χ1v) is 16.3. The second-order valence-electron chi connectivity index (χ2n) is 12.2. The van der Waals surface area contributed by atoms with Gasteiger partial charge in [-0.15, -0.1) is 0 Å². The zero-order valence-corrected chi connectivity index (χ0v) is 26.0. The predicted octanol–water partition coefficient (Wildman–Crippen LogP) is 11.2. The fourth-order valence-corrected chi connectivity index (χ4v) is 7.43. The van der Waals surface area contributed by atoms with Crippen molar-refractivity contribution < 1.29 is 0 Å². The number of aromatic nitrogens is 4. The number of nitrogens with zero attached hydrogens (tertiary/aromatic N) is 4. The maximum absolute atomic E-state index is 5.29. The van der Waals surface area contributed by atoms with E-state index in [-0.39, 0.29) is 0 Å². The topological polar surface area (TPSA) is 35.6 Å². The van der Waals surface area contributed by atoms with E-state index in [2.05, 4.69) is 167 Å². The molecule has 4 heteroatoms. The summed E-state index contributed by atoms with van der Waals surface area (Å²) in [6.07, 6.45) is 0. The first-order chi connectivity index (χ1) is 23.8. The molecule has 0 radical (unpaired) electrons. The summed E-state index contributed by atoms with van der Waals surface area (Å²) in [5.74, 6) is 0.651. The summed E-state index contributed by atoms with van der Waals surface area (Å²) in [4.78, 5) is 10.6. The summed E-state index contributed by atoms with van der Waals surface area (Å²) in [6.45, 7) is 0. The number of hydrogen-bond acceptors (Lipinski definition) is 2. The molecule has 0 saturated heterocycles. The van der Waals surface area contributed by atoms with Gasteiger partial charge in [-0.2, -0.15) is 0 Å². The quantitative estimate of drug-likeness (QED) is 0.198. The molecule has 0 N–H and O–H groups in total. The maximum Gasteiger partial charge on any atom is 0.235 e. The molecule has 0 aliphatic heterocycles. The Morgan fingerprint density at radius 3 is 1.25 bits per heavy atom. The monoisotopic (exact) mass is 612 g/mol. The minimum Gasteiger partial charge on any atom is -0.309 e. The van der Waals surface area contributed by atoms with Gasteiger partial charge in [-0.05, 0) is 30.3 Å². The first-order valence-electron chi connectivity index (χ1n) is 16.3. The minimum absolute atomic E-state index is 0.651. The highest BCUT2D eigenvalue weighted by atomic mass is 15.2. The van der Waals surface area contributed by atoms with Crippen LogP contribution in [0.15, 0.2) is 170 Å². The third kappa shape index (κ3) is 3.96. The normalized spacial score (nSPS) is 11.8. The highest BCUT2D eigenvalue weighted by Gasteiger charge is 2.21. The van der Waals surface area contributed by atoms with Crippen LogP contribution in [0.2, 0.25) is 0 Å². The van der Waals surface area contributed by atoms with Crippen LogP contribution in [0.25, 0.3) is 88.5 Å². The van der Waals surface area contributed by atoms with E-state index in [9.17, 15) is 0 Å². The van der Waals surface area contributed by atoms with E-state index in [1.165, 1.54) is 38.0 Å². The third-order valence-electron chi connectivity index (χ3n) is 9.53. The van der Waals surface area contributed by atoms with E-state index in [4.69, 9.17) is 9.97 Å². The van der Waals surface area contributed by atoms with E-state index in [0.717, 1.165) is 44.6 Å². The summed E-state index contributed by atoms with van der Waals surface area (Å²) >= 11 is 0. The predicted molar refractivity (Wildman–Crippen MR) is 199 cm³/mol. The van der Waals surface area contributed by atoms with Gasteiger partial charge in [0.15, 0.2) is 0 Å². The summed E-state index contributed by atoms with van der Waals surface area (Å²) in [7, 11) is 0. The molecule has 0 unspecified atom stereocenters. The Labute approximate surface area is 276 Å². The van der Waals surface area contributed by atoms with Crippen LogP contribution in [-0.4, -0.2) is 19.1 Å². The summed E-state index contributed by atoms with van der Waals surface area (Å²) in [6, 6.07) is 60.0. The van der Waals surface area contributed by atoms with Gasteiger partial charge in [0.25, 0.3) is 0 Å². The molecule has 0 amide bonds. The number of benzene rings is 7. The van der Waals surface area contributed by atoms with E-state index in [1.807, 2.05) is 12.1 Å². The lowest BCUT2D eigenvalue weighted by Gasteiger charge is -2.14. The molecule has 4 nitrogen and oxygen atoms in total. The smallest absolute Gasteiger partial charge is 0.235 e. The van der Waals surface area contributed by atoms with Crippen LogP contribution in [0.5, 0.6) is 0 Å². The van der Waals surface area contributed by atoms with Crippen molar-refractivity contribution in [2.24, 2.45) is 0 Å². The molecule has 0 fully saturated rings. The Balaban J connectivity index is 1.36. The average molecular weight is 613 g/mol. The second kappa shape index (κ2) is 10.5. The van der Waals surface area contributed by atoms with Crippen LogP contribution in [0.1, 0.15) is 0 Å². The molecule has 0 atom stereocenters. The molecule has 0 saturated carbocycles. The van der Waals surface area contributed by atoms with Gasteiger partial charge in [0, 0.05) is 49.1 Å². The van der Waals surface area contributed by atoms with Crippen molar-refractivity contribution in [3.8, 4) is 34.2 Å². The van der Waals surface area contributed by atoms with E-state index in [1.54, 1.807) is 0 Å². The van der Waals surface area contributed by atoms with Crippen LogP contribution in [0.3, 0.4) is 0 Å². The molecule has 0 aliphatic rings. The van der Waals surface area contributed by atoms with Crippen LogP contribution in [0, 0.1) is 0 Å². The zero-order valence-electron chi connectivity index (χ0n) is 26.0. The van der Waals surface area contributed by atoms with Gasteiger partial charge in [0.1, 0.15) is 0 Å². The van der Waals surface area contributed by atoms with Gasteiger partial charge in [0.05, 0.1) is 33.5 Å². The van der Waals surface area contributed by atoms with Gasteiger partial charge in [-0.1, -0.05) is 140 Å². The molecular formula is C44H28N4. The Morgan fingerprint density at radius 1 is 0.333 bits per heavy atom. The van der Waals surface area contributed by atoms with E-state index >= 15 is 0 Å². The Hall–Kier alpha value is -6.52. The lowest BCUT2D eigenvalue weighted by Crippen LogP contribution is -2.04. The highest BCUT2D eigenvalue weighted by molar-refractivity contribution is 6.26. The molecule has 0 aliphatic carbocycles. The maximum atomic E-state index is 5.29. The minimum atomic E-state index is 0.651. The first kappa shape index (κ1) is 26.7. The van der Waals surface area contributed by atoms with Crippen molar-refractivity contribution >= 4 is 54.4 Å². The van der Waals surface area contributed by atoms with E-state index < -0.39 is 0 Å². The van der Waals surface area contributed by atoms with Gasteiger partial charge < -0.3 is 4.57 Å². The van der Waals surface area contributed by atoms with Gasteiger partial charge in [-0.3, -0.25) is 4.57 Å². The largest absolute Gasteiger partial charge is 0.309 e. The van der Waals surface area contributed by atoms with Crippen molar-refractivity contribution in [3.05, 3.63) is 170 Å². The summed E-state index contributed by atoms with van der Waals surface area (Å²) < 4.78 is 4.68. The van der Waals surface area contributed by atoms with Crippen molar-refractivity contribution in [2.75, 3.05) is 0 Å². The SMILES string of the molecule is c1ccc(-c2cc(-c3ccccc3)nc(-n3c4ccccc4c4ccc5c(ccc6c7ccccc7n(-c7ccccc7)c65)c43)n2)cc1. The zero-order chi connectivity index (χ0) is 31.6. The number of rotatable bonds is 4. The molecule has 0 bridgehead atoms. The highest BCUT2D eigenvalue weighted by Crippen LogP contribution is 2.42. The third-order valence-corrected chi connectivity index (χ3v) is 9.53. The molecule has 0 spiro atoms. The van der Waals surface area contributed by atoms with Crippen molar-refractivity contribution in [2.45, 2.75) is 0 Å². The van der Waals surface area contributed by atoms with Crippen LogP contribution in [-0.2, 0) is 0 Å². The molecule has 3 heterocycles. The standard InChI is InChI=1S/C44H28N4/c1-4-14-29(15-5-1)38-28-39(30-16-6-2-7-17-30)46-44(45-38)48-41-23-13-11-21-33(41)35-25-26-36-37(43(35)48)27-24-34-32-20-10-12-22-40(32)47(42(34)36)31-18-8-3-9-19-31/h1-28H. The lowest BCUT2D eigenvalue weighted by atomic mass is 10.0. The Bertz CT molecular complexity index is 2760. The number of fused-ring (bicyclic) bond motifs is 9. The fraction of sp³-hybridized carbons (Fsp3) is 0. The Morgan fingerprint density at radius 2 is 0.729 bits per heavy atom. The fourth-order valence-electron chi connectivity index (χ4n) is 7.43. The van der Waals surface area contributed by atoms with Gasteiger partial charge in [-0.25, -0.2) is 9.97 Å². The Kier molecular flexibility index (Phi) is 5.84. The molecule has 10 rings (SSSR count). The van der Waals surface area contributed by atoms with Crippen molar-refractivity contribution in [1.29, 1.82) is 0 Å². The van der Waals surface area contributed by atoms with Crippen LogP contribution < -0.4 is 0 Å². The average Bonchev–Trinajstić information content (AvgIpc) is 3.69. The molecule has 7 aromatic carbocycles. The molecule has 224 valence electrons. The van der Waals surface area contributed by atoms with Gasteiger partial charge in [0.2, 0.25) is 5.95 Å². The molecule has 3 aromatic heterocycles. The van der Waals surface area contributed by atoms with E-state index in [0.29, 0.717) is 5.95 Å². The number of para-hydroxylation sites is 3. The van der Waals surface area contributed by atoms with Crippen LogP contribution >= 0.6 is 0 Å². The molecule has 10 aromatic rings. The number of hydrogen-bond donors (Lipinski definition) is 0. The van der Waals surface area contributed by atoms with Gasteiger partial charge >= 0.3 is 0 Å². The molecular weight excluding hydrogens is 585 g/mol. The summed E-state index contributed by atoms with van der Waals surface area (Å²) in [5, 5.41) is 7.17. The van der Waals surface area contributed by atoms with Crippen molar-refractivity contribution in [1.82, 2.24) is 19.1 Å². The molecule has 48 heavy (non-hydrogen) atoms. The summed E-state index contributed by atoms with van der Waals surface area (Å²) in [5.41, 5.74) is 9.59. The second-order valence-corrected chi connectivity index (χ2v) is 12.2. The lowest BCUT2D eigenvalue weighted by molar-refractivity contribution is 0.998. The van der Waals surface area contributed by atoms with Crippen LogP contribution in [0.4, 0.5) is 0 Å². The van der Waals surface area contributed by atoms with Crippen molar-refractivity contribution in [3.63, 3.8) is 0 Å².